The second-order valence-corrected chi connectivity index (χ2v) is 5.50. The minimum Gasteiger partial charge on any atom is -0.507 e. The maximum Gasteiger partial charge on any atom is 0.160 e. The highest BCUT2D eigenvalue weighted by Crippen LogP contribution is 2.40. The van der Waals surface area contributed by atoms with Crippen molar-refractivity contribution in [2.24, 2.45) is 0 Å². The van der Waals surface area contributed by atoms with Gasteiger partial charge < -0.3 is 5.11 Å². The van der Waals surface area contributed by atoms with Crippen LogP contribution in [0.3, 0.4) is 0 Å². The van der Waals surface area contributed by atoms with Crippen LogP contribution in [0, 0.1) is 12.3 Å². The van der Waals surface area contributed by atoms with E-state index in [1.807, 2.05) is 30.3 Å². The van der Waals surface area contributed by atoms with E-state index in [1.54, 1.807) is 19.1 Å². The Labute approximate surface area is 127 Å². The average Bonchev–Trinajstić information content (AvgIpc) is 2.53. The first-order valence-corrected chi connectivity index (χ1v) is 7.03. The van der Waals surface area contributed by atoms with Crippen molar-refractivity contribution in [2.75, 3.05) is 0 Å². The molecule has 0 saturated heterocycles. The van der Waals surface area contributed by atoms with Crippen LogP contribution in [0.2, 0.25) is 0 Å². The molecule has 0 amide bonds. The van der Waals surface area contributed by atoms with Crippen molar-refractivity contribution < 1.29 is 9.90 Å². The standard InChI is InChI=1S/C20H12O2/c1-3-12-10-17(11(2)21)15-6-4-13-5-9-18(22)16-8-7-14(12)20(15)19(13)16/h1,4-10,22H,2H3. The lowest BCUT2D eigenvalue weighted by molar-refractivity contribution is 0.101. The second kappa shape index (κ2) is 4.22. The van der Waals surface area contributed by atoms with Crippen LogP contribution in [-0.2, 0) is 0 Å². The molecule has 2 nitrogen and oxygen atoms in total. The fourth-order valence-corrected chi connectivity index (χ4v) is 3.29. The second-order valence-electron chi connectivity index (χ2n) is 5.50. The highest BCUT2D eigenvalue weighted by Gasteiger charge is 2.16. The van der Waals surface area contributed by atoms with Gasteiger partial charge in [0, 0.05) is 21.9 Å². The summed E-state index contributed by atoms with van der Waals surface area (Å²) in [7, 11) is 0. The van der Waals surface area contributed by atoms with Crippen LogP contribution in [0.5, 0.6) is 5.75 Å². The van der Waals surface area contributed by atoms with Gasteiger partial charge in [0.05, 0.1) is 0 Å². The lowest BCUT2D eigenvalue weighted by Crippen LogP contribution is -1.97. The zero-order chi connectivity index (χ0) is 15.4. The SMILES string of the molecule is C#Cc1cc(C(C)=O)c2ccc3ccc(O)c4ccc1c2c34. The summed E-state index contributed by atoms with van der Waals surface area (Å²) in [5.41, 5.74) is 1.33. The first-order valence-electron chi connectivity index (χ1n) is 7.03. The van der Waals surface area contributed by atoms with Crippen LogP contribution >= 0.6 is 0 Å². The Morgan fingerprint density at radius 2 is 1.68 bits per heavy atom. The monoisotopic (exact) mass is 284 g/mol. The van der Waals surface area contributed by atoms with Crippen molar-refractivity contribution in [1.29, 1.82) is 0 Å². The lowest BCUT2D eigenvalue weighted by Gasteiger charge is -2.15. The molecule has 2 heteroatoms. The van der Waals surface area contributed by atoms with E-state index >= 15 is 0 Å². The molecule has 0 atom stereocenters. The van der Waals surface area contributed by atoms with E-state index in [-0.39, 0.29) is 11.5 Å². The summed E-state index contributed by atoms with van der Waals surface area (Å²) >= 11 is 0. The number of Topliss-reactive ketones (excluding diaryl/α,β-unsaturated/α-hetero) is 1. The molecule has 0 aliphatic rings. The van der Waals surface area contributed by atoms with Crippen molar-refractivity contribution >= 4 is 38.1 Å². The van der Waals surface area contributed by atoms with Gasteiger partial charge in [-0.1, -0.05) is 30.2 Å². The molecule has 0 aliphatic heterocycles. The quantitative estimate of drug-likeness (QED) is 0.318. The minimum atomic E-state index is -0.0151. The van der Waals surface area contributed by atoms with Crippen LogP contribution < -0.4 is 0 Å². The van der Waals surface area contributed by atoms with Gasteiger partial charge in [-0.25, -0.2) is 0 Å². The molecular formula is C20H12O2. The number of hydrogen-bond donors (Lipinski definition) is 1. The van der Waals surface area contributed by atoms with Crippen molar-refractivity contribution in [3.63, 3.8) is 0 Å². The molecule has 0 aromatic heterocycles. The molecule has 4 aromatic rings. The number of benzene rings is 4. The highest BCUT2D eigenvalue weighted by molar-refractivity contribution is 6.28. The van der Waals surface area contributed by atoms with Crippen molar-refractivity contribution in [3.05, 3.63) is 53.6 Å². The first kappa shape index (κ1) is 12.7. The smallest absolute Gasteiger partial charge is 0.160 e. The summed E-state index contributed by atoms with van der Waals surface area (Å²) in [4.78, 5) is 12.0. The zero-order valence-corrected chi connectivity index (χ0v) is 12.0. The molecule has 0 spiro atoms. The third kappa shape index (κ3) is 1.48. The van der Waals surface area contributed by atoms with E-state index in [4.69, 9.17) is 6.42 Å². The van der Waals surface area contributed by atoms with Crippen molar-refractivity contribution in [1.82, 2.24) is 0 Å². The number of ketones is 1. The number of rotatable bonds is 1. The molecule has 0 bridgehead atoms. The maximum absolute atomic E-state index is 12.0. The molecule has 1 N–H and O–H groups in total. The Morgan fingerprint density at radius 3 is 2.41 bits per heavy atom. The van der Waals surface area contributed by atoms with Gasteiger partial charge in [-0.05, 0) is 46.7 Å². The van der Waals surface area contributed by atoms with E-state index in [9.17, 15) is 9.90 Å². The molecule has 0 saturated carbocycles. The topological polar surface area (TPSA) is 37.3 Å². The minimum absolute atomic E-state index is 0.0151. The maximum atomic E-state index is 12.0. The number of carbonyl (C=O) groups is 1. The molecule has 4 aromatic carbocycles. The van der Waals surface area contributed by atoms with E-state index in [1.165, 1.54) is 0 Å². The Kier molecular flexibility index (Phi) is 2.43. The fourth-order valence-electron chi connectivity index (χ4n) is 3.29. The number of terminal acetylenes is 1. The summed E-state index contributed by atoms with van der Waals surface area (Å²) in [6, 6.07) is 13.1. The molecule has 0 heterocycles. The number of carbonyl (C=O) groups excluding carboxylic acids is 1. The van der Waals surface area contributed by atoms with E-state index < -0.39 is 0 Å². The van der Waals surface area contributed by atoms with Crippen LogP contribution in [0.4, 0.5) is 0 Å². The van der Waals surface area contributed by atoms with Crippen molar-refractivity contribution in [3.8, 4) is 18.1 Å². The summed E-state index contributed by atoms with van der Waals surface area (Å²) < 4.78 is 0. The third-order valence-corrected chi connectivity index (χ3v) is 4.29. The zero-order valence-electron chi connectivity index (χ0n) is 12.0. The Morgan fingerprint density at radius 1 is 1.00 bits per heavy atom. The Hall–Kier alpha value is -3.05. The van der Waals surface area contributed by atoms with Gasteiger partial charge in [0.15, 0.2) is 5.78 Å². The van der Waals surface area contributed by atoms with Gasteiger partial charge in [-0.2, -0.15) is 0 Å². The summed E-state index contributed by atoms with van der Waals surface area (Å²) in [5, 5.41) is 15.7. The molecule has 22 heavy (non-hydrogen) atoms. The van der Waals surface area contributed by atoms with Crippen LogP contribution in [0.15, 0.2) is 42.5 Å². The van der Waals surface area contributed by atoms with Crippen molar-refractivity contribution in [2.45, 2.75) is 6.92 Å². The number of hydrogen-bond acceptors (Lipinski definition) is 2. The molecule has 0 unspecified atom stereocenters. The Bertz CT molecular complexity index is 1110. The predicted octanol–water partition coefficient (Wildman–Crippen LogP) is 4.47. The van der Waals surface area contributed by atoms with Gasteiger partial charge in [0.2, 0.25) is 0 Å². The average molecular weight is 284 g/mol. The molecule has 0 aliphatic carbocycles. The highest BCUT2D eigenvalue weighted by atomic mass is 16.3. The van der Waals surface area contributed by atoms with Gasteiger partial charge in [-0.3, -0.25) is 4.79 Å². The summed E-state index contributed by atoms with van der Waals surface area (Å²) in [6.45, 7) is 1.55. The molecular weight excluding hydrogens is 272 g/mol. The summed E-state index contributed by atoms with van der Waals surface area (Å²) in [5.74, 6) is 2.90. The third-order valence-electron chi connectivity index (χ3n) is 4.29. The molecule has 104 valence electrons. The van der Waals surface area contributed by atoms with E-state index in [0.29, 0.717) is 11.1 Å². The predicted molar refractivity (Wildman–Crippen MR) is 89.8 cm³/mol. The molecule has 0 radical (unpaired) electrons. The van der Waals surface area contributed by atoms with Gasteiger partial charge in [-0.15, -0.1) is 6.42 Å². The lowest BCUT2D eigenvalue weighted by atomic mass is 9.88. The van der Waals surface area contributed by atoms with Gasteiger partial charge >= 0.3 is 0 Å². The van der Waals surface area contributed by atoms with Gasteiger partial charge in [0.25, 0.3) is 0 Å². The van der Waals surface area contributed by atoms with Crippen LogP contribution in [0.1, 0.15) is 22.8 Å². The first-order chi connectivity index (χ1) is 10.6. The fraction of sp³-hybridized carbons (Fsp3) is 0.0500. The number of phenols is 1. The van der Waals surface area contributed by atoms with Crippen LogP contribution in [0.25, 0.3) is 32.3 Å². The van der Waals surface area contributed by atoms with Gasteiger partial charge in [0.1, 0.15) is 5.75 Å². The normalized spacial score (nSPS) is 11.3. The molecule has 0 fully saturated rings. The van der Waals surface area contributed by atoms with E-state index in [0.717, 1.165) is 32.3 Å². The number of aromatic hydroxyl groups is 1. The molecule has 4 rings (SSSR count). The largest absolute Gasteiger partial charge is 0.507 e. The number of phenolic OH excluding ortho intramolecular Hbond substituents is 1. The summed E-state index contributed by atoms with van der Waals surface area (Å²) in [6.07, 6.45) is 5.64. The van der Waals surface area contributed by atoms with E-state index in [2.05, 4.69) is 5.92 Å². The Balaban J connectivity index is 2.42. The van der Waals surface area contributed by atoms with Crippen LogP contribution in [-0.4, -0.2) is 10.9 Å².